The fourth-order valence-electron chi connectivity index (χ4n) is 1.30. The number of nitrogens with two attached hydrogens (primary N) is 2. The molecule has 190 valence electrons. The Hall–Kier alpha value is -2.65. The van der Waals surface area contributed by atoms with Gasteiger partial charge in [-0.3, -0.25) is 24.0 Å². The van der Waals surface area contributed by atoms with Gasteiger partial charge in [-0.2, -0.15) is 0 Å². The van der Waals surface area contributed by atoms with E-state index in [2.05, 4.69) is 26.3 Å². The number of amides is 2. The van der Waals surface area contributed by atoms with E-state index in [-0.39, 0.29) is 25.2 Å². The van der Waals surface area contributed by atoms with Crippen LogP contribution in [0, 0.1) is 0 Å². The Morgan fingerprint density at radius 2 is 1.47 bits per heavy atom. The molecule has 0 aromatic carbocycles. The Labute approximate surface area is 186 Å². The molecule has 0 heterocycles. The average molecular weight is 472 g/mol. The number of ether oxygens (including phenoxy) is 2. The number of hydrogen-bond acceptors (Lipinski definition) is 12. The molecule has 2 amide bonds. The van der Waals surface area contributed by atoms with Gasteiger partial charge in [0.05, 0.1) is 6.61 Å². The van der Waals surface area contributed by atoms with Crippen molar-refractivity contribution in [2.75, 3.05) is 27.3 Å². The van der Waals surface area contributed by atoms with Gasteiger partial charge in [0.1, 0.15) is 18.3 Å². The van der Waals surface area contributed by atoms with E-state index in [1.807, 2.05) is 14.1 Å². The highest BCUT2D eigenvalue weighted by molar-refractivity contribution is 5.78. The van der Waals surface area contributed by atoms with E-state index in [9.17, 15) is 34.2 Å². The van der Waals surface area contributed by atoms with Gasteiger partial charge in [-0.15, -0.1) is 0 Å². The minimum Gasteiger partial charge on any atom is -0.456 e. The average Bonchev–Trinajstić information content (AvgIpc) is 2.69. The first-order valence-electron chi connectivity index (χ1n) is 9.31. The molecule has 0 saturated carbocycles. The van der Waals surface area contributed by atoms with Gasteiger partial charge >= 0.3 is 11.9 Å². The van der Waals surface area contributed by atoms with Crippen LogP contribution in [0.5, 0.6) is 0 Å². The Balaban J connectivity index is -0.000000215. The number of esters is 2. The first-order valence-corrected chi connectivity index (χ1v) is 9.31. The van der Waals surface area contributed by atoms with E-state index in [0.717, 1.165) is 0 Å². The van der Waals surface area contributed by atoms with Crippen molar-refractivity contribution in [1.29, 1.82) is 0 Å². The summed E-state index contributed by atoms with van der Waals surface area (Å²) in [7, 11) is 3.75. The molecule has 0 aromatic rings. The number of carbonyl (C=O) groups excluding carboxylic acids is 5. The normalized spacial score (nSPS) is 12.9. The monoisotopic (exact) mass is 471 g/mol. The summed E-state index contributed by atoms with van der Waals surface area (Å²) in [5.74, 6) is -2.15. The van der Waals surface area contributed by atoms with Crippen molar-refractivity contribution in [3.8, 4) is 0 Å². The standard InChI is InChI=1S/C10H18O7.C4H7NO3.C2H5NO.C2H7N/c1-2-3-8(14)17-7(5-12)10(16)9(15)6(13)4-11;1-3(6)8-2-4(5)7;1-2(3)4;1-3-2/h5-7,9-11,13,15-16H,2-4H2,1H3;2H2,1H3,(H2,5,7);1H3,(H2,3,4);3H,1-2H3/t6-,7+,9-,10-;;;/m1.../s1. The minimum atomic E-state index is -1.78. The molecule has 0 radical (unpaired) electrons. The largest absolute Gasteiger partial charge is 0.456 e. The molecule has 14 heteroatoms. The van der Waals surface area contributed by atoms with Crippen LogP contribution < -0.4 is 16.8 Å². The summed E-state index contributed by atoms with van der Waals surface area (Å²) in [6, 6.07) is 0. The molecule has 4 atom stereocenters. The molecule has 0 unspecified atom stereocenters. The summed E-state index contributed by atoms with van der Waals surface area (Å²) in [6.45, 7) is 3.14. The molecule has 9 N–H and O–H groups in total. The Morgan fingerprint density at radius 3 is 1.72 bits per heavy atom. The molecule has 0 aliphatic carbocycles. The van der Waals surface area contributed by atoms with E-state index >= 15 is 0 Å². The maximum Gasteiger partial charge on any atom is 0.306 e. The number of aliphatic hydroxyl groups excluding tert-OH is 4. The molecule has 0 bridgehead atoms. The third kappa shape index (κ3) is 29.6. The van der Waals surface area contributed by atoms with E-state index in [0.29, 0.717) is 6.42 Å². The highest BCUT2D eigenvalue weighted by Crippen LogP contribution is 2.08. The number of hydrogen-bond donors (Lipinski definition) is 7. The summed E-state index contributed by atoms with van der Waals surface area (Å²) >= 11 is 0. The third-order valence-corrected chi connectivity index (χ3v) is 2.54. The molecule has 0 rings (SSSR count). The lowest BCUT2D eigenvalue weighted by molar-refractivity contribution is -0.168. The van der Waals surface area contributed by atoms with Crippen molar-refractivity contribution in [2.24, 2.45) is 11.5 Å². The highest BCUT2D eigenvalue weighted by Gasteiger charge is 2.33. The van der Waals surface area contributed by atoms with Gasteiger partial charge in [0.15, 0.2) is 19.0 Å². The van der Waals surface area contributed by atoms with Gasteiger partial charge in [0.2, 0.25) is 5.91 Å². The molecule has 0 aromatic heterocycles. The minimum absolute atomic E-state index is 0.0791. The topological polar surface area (TPSA) is 249 Å². The second-order valence-corrected chi connectivity index (χ2v) is 5.93. The van der Waals surface area contributed by atoms with Crippen LogP contribution in [0.15, 0.2) is 0 Å². The van der Waals surface area contributed by atoms with E-state index < -0.39 is 48.9 Å². The van der Waals surface area contributed by atoms with Crippen molar-refractivity contribution in [3.05, 3.63) is 0 Å². The number of rotatable bonds is 10. The first-order chi connectivity index (χ1) is 14.7. The van der Waals surface area contributed by atoms with Gasteiger partial charge in [0, 0.05) is 20.3 Å². The third-order valence-electron chi connectivity index (χ3n) is 2.54. The molecule has 14 nitrogen and oxygen atoms in total. The molecule has 32 heavy (non-hydrogen) atoms. The molecular formula is C18H37N3O11. The second kappa shape index (κ2) is 24.6. The van der Waals surface area contributed by atoms with Crippen molar-refractivity contribution >= 4 is 30.0 Å². The van der Waals surface area contributed by atoms with Crippen LogP contribution in [-0.2, 0) is 33.4 Å². The Bertz CT molecular complexity index is 514. The van der Waals surface area contributed by atoms with Crippen molar-refractivity contribution in [2.45, 2.75) is 58.0 Å². The fourth-order valence-corrected chi connectivity index (χ4v) is 1.30. The fraction of sp³-hybridized carbons (Fsp3) is 0.722. The van der Waals surface area contributed by atoms with E-state index in [4.69, 9.17) is 10.2 Å². The second-order valence-electron chi connectivity index (χ2n) is 5.93. The summed E-state index contributed by atoms with van der Waals surface area (Å²) in [6.07, 6.45) is -5.98. The van der Waals surface area contributed by atoms with E-state index in [1.54, 1.807) is 6.92 Å². The van der Waals surface area contributed by atoms with E-state index in [1.165, 1.54) is 13.8 Å². The molecule has 0 aliphatic heterocycles. The summed E-state index contributed by atoms with van der Waals surface area (Å²) < 4.78 is 8.80. The molecule has 0 aliphatic rings. The number of carbonyl (C=O) groups is 5. The Kier molecular flexibility index (Phi) is 28.2. The molecule has 0 fully saturated rings. The molecule has 0 spiro atoms. The van der Waals surface area contributed by atoms with Crippen molar-refractivity contribution in [3.63, 3.8) is 0 Å². The van der Waals surface area contributed by atoms with Crippen LogP contribution in [0.4, 0.5) is 0 Å². The van der Waals surface area contributed by atoms with Crippen LogP contribution in [0.3, 0.4) is 0 Å². The van der Waals surface area contributed by atoms with Gasteiger partial charge in [-0.1, -0.05) is 6.92 Å². The maximum atomic E-state index is 11.1. The van der Waals surface area contributed by atoms with Gasteiger partial charge in [0.25, 0.3) is 5.91 Å². The number of aldehydes is 1. The van der Waals surface area contributed by atoms with Crippen LogP contribution >= 0.6 is 0 Å². The SMILES string of the molecule is CC(=O)OCC(N)=O.CC(N)=O.CCCC(=O)O[C@@H](C=O)[C@@H](O)[C@H](O)[C@H](O)CO.CNC. The lowest BCUT2D eigenvalue weighted by Crippen LogP contribution is -2.48. The quantitative estimate of drug-likeness (QED) is 0.120. The highest BCUT2D eigenvalue weighted by atomic mass is 16.6. The maximum absolute atomic E-state index is 11.1. The lowest BCUT2D eigenvalue weighted by Gasteiger charge is -2.25. The van der Waals surface area contributed by atoms with Gasteiger partial charge in [-0.25, -0.2) is 0 Å². The summed E-state index contributed by atoms with van der Waals surface area (Å²) in [5.41, 5.74) is 9.10. The number of aliphatic hydroxyl groups is 4. The summed E-state index contributed by atoms with van der Waals surface area (Å²) in [4.78, 5) is 50.7. The number of nitrogens with one attached hydrogen (secondary N) is 1. The van der Waals surface area contributed by atoms with Crippen LogP contribution in [0.25, 0.3) is 0 Å². The first kappa shape index (κ1) is 36.7. The van der Waals surface area contributed by atoms with Crippen molar-refractivity contribution < 1.29 is 53.9 Å². The smallest absolute Gasteiger partial charge is 0.306 e. The predicted octanol–water partition coefficient (Wildman–Crippen LogP) is -3.67. The van der Waals surface area contributed by atoms with Crippen LogP contribution in [0.1, 0.15) is 33.6 Å². The Morgan fingerprint density at radius 1 is 1.03 bits per heavy atom. The zero-order valence-corrected chi connectivity index (χ0v) is 19.0. The molecular weight excluding hydrogens is 434 g/mol. The zero-order chi connectivity index (χ0) is 26.3. The van der Waals surface area contributed by atoms with Crippen molar-refractivity contribution in [1.82, 2.24) is 5.32 Å². The summed E-state index contributed by atoms with van der Waals surface area (Å²) in [5, 5.41) is 39.2. The predicted molar refractivity (Wildman–Crippen MR) is 112 cm³/mol. The van der Waals surface area contributed by atoms with Crippen LogP contribution in [-0.4, -0.2) is 102 Å². The number of primary amides is 2. The van der Waals surface area contributed by atoms with Gasteiger partial charge in [-0.05, 0) is 20.5 Å². The van der Waals surface area contributed by atoms with Crippen LogP contribution in [0.2, 0.25) is 0 Å². The van der Waals surface area contributed by atoms with Gasteiger partial charge < -0.3 is 46.7 Å². The molecule has 0 saturated heterocycles. The zero-order valence-electron chi connectivity index (χ0n) is 19.0. The lowest BCUT2D eigenvalue weighted by atomic mass is 10.0.